The summed E-state index contributed by atoms with van der Waals surface area (Å²) in [7, 11) is 0. The Morgan fingerprint density at radius 3 is 2.95 bits per heavy atom. The number of unbranched alkanes of at least 4 members (excludes halogenated alkanes) is 1. The molecule has 1 aliphatic carbocycles. The number of rotatable bonds is 9. The van der Waals surface area contributed by atoms with Crippen molar-refractivity contribution < 1.29 is 9.53 Å². The number of hydrogen-bond acceptors (Lipinski definition) is 3. The third kappa shape index (κ3) is 5.56. The van der Waals surface area contributed by atoms with Crippen LogP contribution in [0.5, 0.6) is 5.75 Å². The molecular weight excluding hydrogens is 288 g/mol. The lowest BCUT2D eigenvalue weighted by Crippen LogP contribution is -2.30. The summed E-state index contributed by atoms with van der Waals surface area (Å²) in [6, 6.07) is 6.28. The molecule has 0 saturated heterocycles. The quantitative estimate of drug-likeness (QED) is 0.690. The maximum Gasteiger partial charge on any atom is 0.257 e. The van der Waals surface area contributed by atoms with Crippen LogP contribution in [0.4, 0.5) is 0 Å². The minimum Gasteiger partial charge on any atom is -0.482 e. The largest absolute Gasteiger partial charge is 0.482 e. The van der Waals surface area contributed by atoms with Crippen LogP contribution in [0, 0.1) is 0 Å². The fourth-order valence-corrected chi connectivity index (χ4v) is 2.24. The van der Waals surface area contributed by atoms with E-state index in [9.17, 15) is 4.79 Å². The molecule has 0 heterocycles. The van der Waals surface area contributed by atoms with Crippen molar-refractivity contribution in [2.75, 3.05) is 13.2 Å². The summed E-state index contributed by atoms with van der Waals surface area (Å²) in [5.41, 5.74) is 0.996. The molecule has 4 nitrogen and oxygen atoms in total. The molecule has 0 unspecified atom stereocenters. The number of carbonyl (C=O) groups is 1. The maximum atomic E-state index is 11.7. The zero-order valence-electron chi connectivity index (χ0n) is 12.5. The molecule has 5 heteroatoms. The van der Waals surface area contributed by atoms with Gasteiger partial charge in [0.2, 0.25) is 0 Å². The highest BCUT2D eigenvalue weighted by molar-refractivity contribution is 6.32. The van der Waals surface area contributed by atoms with Crippen molar-refractivity contribution in [2.24, 2.45) is 0 Å². The molecule has 2 N–H and O–H groups in total. The first-order valence-corrected chi connectivity index (χ1v) is 7.98. The second-order valence-corrected chi connectivity index (χ2v) is 5.78. The van der Waals surface area contributed by atoms with Crippen LogP contribution in [0.1, 0.15) is 38.2 Å². The summed E-state index contributed by atoms with van der Waals surface area (Å²) in [5, 5.41) is 6.81. The molecule has 1 aromatic carbocycles. The summed E-state index contributed by atoms with van der Waals surface area (Å²) >= 11 is 6.19. The van der Waals surface area contributed by atoms with Crippen LogP contribution < -0.4 is 15.4 Å². The van der Waals surface area contributed by atoms with E-state index >= 15 is 0 Å². The average molecular weight is 311 g/mol. The van der Waals surface area contributed by atoms with E-state index in [4.69, 9.17) is 16.3 Å². The molecule has 21 heavy (non-hydrogen) atoms. The summed E-state index contributed by atoms with van der Waals surface area (Å²) in [4.78, 5) is 11.7. The van der Waals surface area contributed by atoms with E-state index in [0.717, 1.165) is 24.9 Å². The van der Waals surface area contributed by atoms with Crippen molar-refractivity contribution in [3.63, 3.8) is 0 Å². The van der Waals surface area contributed by atoms with E-state index in [1.807, 2.05) is 12.1 Å². The van der Waals surface area contributed by atoms with Crippen LogP contribution in [-0.4, -0.2) is 25.1 Å². The Hall–Kier alpha value is -1.26. The number of nitrogens with one attached hydrogen (secondary N) is 2. The van der Waals surface area contributed by atoms with E-state index in [0.29, 0.717) is 23.4 Å². The van der Waals surface area contributed by atoms with Gasteiger partial charge in [-0.3, -0.25) is 4.79 Å². The molecule has 0 aromatic heterocycles. The molecule has 116 valence electrons. The normalized spacial score (nSPS) is 14.0. The third-order valence-electron chi connectivity index (χ3n) is 3.41. The van der Waals surface area contributed by atoms with Gasteiger partial charge < -0.3 is 15.4 Å². The van der Waals surface area contributed by atoms with Crippen molar-refractivity contribution in [1.29, 1.82) is 0 Å². The van der Waals surface area contributed by atoms with Crippen LogP contribution in [0.2, 0.25) is 5.02 Å². The van der Waals surface area contributed by atoms with E-state index in [1.54, 1.807) is 6.07 Å². The van der Waals surface area contributed by atoms with Crippen LogP contribution >= 0.6 is 11.6 Å². The number of amides is 1. The standard InChI is InChI=1S/C16H23ClN2O2/c1-2-3-9-18-15(20)11-21-16-12(5-4-6-14(16)17)10-19-13-7-8-13/h4-6,13,19H,2-3,7-11H2,1H3,(H,18,20). The Kier molecular flexibility index (Phi) is 6.33. The zero-order chi connectivity index (χ0) is 15.1. The predicted molar refractivity (Wildman–Crippen MR) is 84.7 cm³/mol. The summed E-state index contributed by atoms with van der Waals surface area (Å²) in [5.74, 6) is 0.502. The van der Waals surface area contributed by atoms with Crippen molar-refractivity contribution in [1.82, 2.24) is 10.6 Å². The van der Waals surface area contributed by atoms with E-state index < -0.39 is 0 Å². The SMILES string of the molecule is CCCCNC(=O)COc1c(Cl)cccc1CNC1CC1. The minimum atomic E-state index is -0.107. The lowest BCUT2D eigenvalue weighted by molar-refractivity contribution is -0.123. The van der Waals surface area contributed by atoms with Gasteiger partial charge in [-0.15, -0.1) is 0 Å². The first-order chi connectivity index (χ1) is 10.2. The van der Waals surface area contributed by atoms with Gasteiger partial charge in [-0.05, 0) is 25.3 Å². The van der Waals surface area contributed by atoms with E-state index in [2.05, 4.69) is 17.6 Å². The van der Waals surface area contributed by atoms with E-state index in [-0.39, 0.29) is 12.5 Å². The van der Waals surface area contributed by atoms with Gasteiger partial charge in [0, 0.05) is 24.7 Å². The Balaban J connectivity index is 1.86. The van der Waals surface area contributed by atoms with Gasteiger partial charge in [-0.1, -0.05) is 37.1 Å². The zero-order valence-corrected chi connectivity index (χ0v) is 13.2. The van der Waals surface area contributed by atoms with Crippen molar-refractivity contribution in [3.8, 4) is 5.75 Å². The molecule has 1 saturated carbocycles. The fraction of sp³-hybridized carbons (Fsp3) is 0.562. The molecule has 0 bridgehead atoms. The second kappa shape index (κ2) is 8.25. The van der Waals surface area contributed by atoms with Gasteiger partial charge in [0.1, 0.15) is 5.75 Å². The number of hydrogen-bond donors (Lipinski definition) is 2. The minimum absolute atomic E-state index is 0.00385. The predicted octanol–water partition coefficient (Wildman–Crippen LogP) is 2.89. The smallest absolute Gasteiger partial charge is 0.257 e. The topological polar surface area (TPSA) is 50.4 Å². The van der Waals surface area contributed by atoms with Crippen LogP contribution in [-0.2, 0) is 11.3 Å². The summed E-state index contributed by atoms with van der Waals surface area (Å²) in [6.07, 6.45) is 4.50. The Morgan fingerprint density at radius 2 is 2.24 bits per heavy atom. The average Bonchev–Trinajstić information content (AvgIpc) is 3.28. The van der Waals surface area contributed by atoms with Gasteiger partial charge in [0.25, 0.3) is 5.91 Å². The first-order valence-electron chi connectivity index (χ1n) is 7.61. The first kappa shape index (κ1) is 16.1. The molecule has 1 fully saturated rings. The van der Waals surface area contributed by atoms with Crippen LogP contribution in [0.3, 0.4) is 0 Å². The van der Waals surface area contributed by atoms with Gasteiger partial charge in [0.05, 0.1) is 5.02 Å². The molecule has 1 aliphatic rings. The highest BCUT2D eigenvalue weighted by Gasteiger charge is 2.21. The van der Waals surface area contributed by atoms with E-state index in [1.165, 1.54) is 12.8 Å². The van der Waals surface area contributed by atoms with Crippen LogP contribution in [0.25, 0.3) is 0 Å². The molecule has 2 rings (SSSR count). The Bertz CT molecular complexity index is 475. The molecule has 0 aliphatic heterocycles. The highest BCUT2D eigenvalue weighted by Crippen LogP contribution is 2.29. The van der Waals surface area contributed by atoms with Gasteiger partial charge in [-0.25, -0.2) is 0 Å². The monoisotopic (exact) mass is 310 g/mol. The summed E-state index contributed by atoms with van der Waals surface area (Å²) < 4.78 is 5.63. The molecular formula is C16H23ClN2O2. The number of para-hydroxylation sites is 1. The van der Waals surface area contributed by atoms with Gasteiger partial charge >= 0.3 is 0 Å². The highest BCUT2D eigenvalue weighted by atomic mass is 35.5. The second-order valence-electron chi connectivity index (χ2n) is 5.38. The fourth-order valence-electron chi connectivity index (χ4n) is 1.99. The lowest BCUT2D eigenvalue weighted by atomic mass is 10.2. The number of halogens is 1. The number of ether oxygens (including phenoxy) is 1. The number of carbonyl (C=O) groups excluding carboxylic acids is 1. The van der Waals surface area contributed by atoms with Crippen molar-refractivity contribution in [2.45, 2.75) is 45.2 Å². The molecule has 0 atom stereocenters. The van der Waals surface area contributed by atoms with Crippen molar-refractivity contribution >= 4 is 17.5 Å². The third-order valence-corrected chi connectivity index (χ3v) is 3.70. The lowest BCUT2D eigenvalue weighted by Gasteiger charge is -2.13. The van der Waals surface area contributed by atoms with Crippen molar-refractivity contribution in [3.05, 3.63) is 28.8 Å². The summed E-state index contributed by atoms with van der Waals surface area (Å²) in [6.45, 7) is 3.50. The van der Waals surface area contributed by atoms with Gasteiger partial charge in [-0.2, -0.15) is 0 Å². The maximum absolute atomic E-state index is 11.7. The molecule has 1 aromatic rings. The molecule has 0 radical (unpaired) electrons. The number of benzene rings is 1. The molecule has 1 amide bonds. The van der Waals surface area contributed by atoms with Crippen LogP contribution in [0.15, 0.2) is 18.2 Å². The Labute approximate surface area is 131 Å². The van der Waals surface area contributed by atoms with Gasteiger partial charge in [0.15, 0.2) is 6.61 Å². The molecule has 0 spiro atoms. The Morgan fingerprint density at radius 1 is 1.43 bits per heavy atom.